The molecule has 228 valence electrons. The molecule has 0 saturated heterocycles. The number of carbonyl (C=O) groups is 3. The fraction of sp³-hybridized carbons (Fsp3) is 0.229. The van der Waals surface area contributed by atoms with E-state index in [4.69, 9.17) is 0 Å². The van der Waals surface area contributed by atoms with Crippen LogP contribution in [0.1, 0.15) is 50.8 Å². The van der Waals surface area contributed by atoms with Gasteiger partial charge in [0.1, 0.15) is 17.7 Å². The number of nitrogens with zero attached hydrogens (tertiary/aromatic N) is 1. The van der Waals surface area contributed by atoms with Gasteiger partial charge in [0.05, 0.1) is 0 Å². The summed E-state index contributed by atoms with van der Waals surface area (Å²) in [4.78, 5) is 39.1. The first-order valence-electron chi connectivity index (χ1n) is 14.1. The van der Waals surface area contributed by atoms with E-state index in [9.17, 15) is 28.3 Å². The van der Waals surface area contributed by atoms with Gasteiger partial charge in [0.2, 0.25) is 0 Å². The van der Waals surface area contributed by atoms with E-state index in [0.717, 1.165) is 28.4 Å². The van der Waals surface area contributed by atoms with Crippen LogP contribution >= 0.6 is 11.8 Å². The molecule has 9 heteroatoms. The van der Waals surface area contributed by atoms with Crippen LogP contribution in [-0.4, -0.2) is 40.8 Å². The Labute approximate surface area is 260 Å². The average molecular weight is 617 g/mol. The molecule has 0 aliphatic heterocycles. The number of hydrogen-bond acceptors (Lipinski definition) is 5. The van der Waals surface area contributed by atoms with Crippen LogP contribution in [-0.2, 0) is 17.9 Å². The molecule has 0 aromatic heterocycles. The van der Waals surface area contributed by atoms with E-state index in [0.29, 0.717) is 34.6 Å². The second-order valence-electron chi connectivity index (χ2n) is 10.6. The normalized spacial score (nSPS) is 11.6. The minimum Gasteiger partial charge on any atom is -0.480 e. The van der Waals surface area contributed by atoms with Crippen molar-refractivity contribution in [1.29, 1.82) is 0 Å². The number of hydrogen-bond donors (Lipinski definition) is 2. The maximum absolute atomic E-state index is 14.1. The quantitative estimate of drug-likeness (QED) is 0.154. The first kappa shape index (κ1) is 32.4. The van der Waals surface area contributed by atoms with Gasteiger partial charge in [-0.25, -0.2) is 13.6 Å². The van der Waals surface area contributed by atoms with Crippen molar-refractivity contribution in [3.8, 4) is 11.1 Å². The molecule has 6 nitrogen and oxygen atoms in total. The number of carboxylic acid groups (broad SMARTS) is 1. The van der Waals surface area contributed by atoms with E-state index in [2.05, 4.69) is 5.32 Å². The standard InChI is InChI=1S/C35H34F2N2O4S/c1-22-6-4-5-7-30(22)32-18-24(8-13-31(32)34(41)38-33(35(42)43)14-15-44-3)20-39(21-25-16-27(36)19-28(37)17-25)29-11-9-26(10-12-29)23(2)40/h4-13,16-19,33H,14-15,20-21H2,1-3H3,(H,38,41)(H,42,43)/t33-/m0/s1. The van der Waals surface area contributed by atoms with Crippen molar-refractivity contribution >= 4 is 35.1 Å². The molecule has 0 heterocycles. The minimum atomic E-state index is -1.10. The second-order valence-corrected chi connectivity index (χ2v) is 11.6. The highest BCUT2D eigenvalue weighted by molar-refractivity contribution is 7.98. The van der Waals surface area contributed by atoms with Crippen LogP contribution < -0.4 is 10.2 Å². The molecule has 0 aliphatic carbocycles. The lowest BCUT2D eigenvalue weighted by atomic mass is 9.93. The molecule has 1 amide bonds. The predicted octanol–water partition coefficient (Wildman–Crippen LogP) is 7.29. The first-order valence-corrected chi connectivity index (χ1v) is 15.5. The van der Waals surface area contributed by atoms with Gasteiger partial charge < -0.3 is 15.3 Å². The molecule has 4 rings (SSSR count). The molecule has 4 aromatic rings. The van der Waals surface area contributed by atoms with Gasteiger partial charge in [-0.2, -0.15) is 11.8 Å². The van der Waals surface area contributed by atoms with Crippen molar-refractivity contribution < 1.29 is 28.3 Å². The maximum Gasteiger partial charge on any atom is 0.326 e. The molecular formula is C35H34F2N2O4S. The highest BCUT2D eigenvalue weighted by Crippen LogP contribution is 2.30. The largest absolute Gasteiger partial charge is 0.480 e. The van der Waals surface area contributed by atoms with Crippen LogP contribution in [0.4, 0.5) is 14.5 Å². The number of benzene rings is 4. The number of carbonyl (C=O) groups excluding carboxylic acids is 2. The van der Waals surface area contributed by atoms with Crippen LogP contribution in [0.3, 0.4) is 0 Å². The number of aryl methyl sites for hydroxylation is 1. The summed E-state index contributed by atoms with van der Waals surface area (Å²) >= 11 is 1.50. The number of rotatable bonds is 13. The summed E-state index contributed by atoms with van der Waals surface area (Å²) in [6.45, 7) is 3.90. The summed E-state index contributed by atoms with van der Waals surface area (Å²) < 4.78 is 28.2. The summed E-state index contributed by atoms with van der Waals surface area (Å²) in [6.07, 6.45) is 2.17. The van der Waals surface area contributed by atoms with E-state index < -0.39 is 29.6 Å². The molecule has 44 heavy (non-hydrogen) atoms. The highest BCUT2D eigenvalue weighted by atomic mass is 32.2. The van der Waals surface area contributed by atoms with Crippen LogP contribution in [0, 0.1) is 18.6 Å². The van der Waals surface area contributed by atoms with Crippen molar-refractivity contribution in [3.63, 3.8) is 0 Å². The Hall–Kier alpha value is -4.50. The van der Waals surface area contributed by atoms with Gasteiger partial charge in [-0.3, -0.25) is 9.59 Å². The molecule has 0 aliphatic rings. The zero-order valence-corrected chi connectivity index (χ0v) is 25.6. The van der Waals surface area contributed by atoms with Gasteiger partial charge in [0, 0.05) is 36.0 Å². The lowest BCUT2D eigenvalue weighted by Crippen LogP contribution is -2.41. The summed E-state index contributed by atoms with van der Waals surface area (Å²) in [6, 6.07) is 22.3. The number of anilines is 1. The number of halogens is 2. The molecule has 0 radical (unpaired) electrons. The van der Waals surface area contributed by atoms with Crippen molar-refractivity contribution in [1.82, 2.24) is 5.32 Å². The van der Waals surface area contributed by atoms with Gasteiger partial charge in [-0.1, -0.05) is 30.3 Å². The molecule has 1 atom stereocenters. The second kappa shape index (κ2) is 14.8. The molecule has 0 saturated carbocycles. The van der Waals surface area contributed by atoms with Gasteiger partial charge in [-0.05, 0) is 109 Å². The minimum absolute atomic E-state index is 0.0781. The van der Waals surface area contributed by atoms with Crippen LogP contribution in [0.25, 0.3) is 11.1 Å². The van der Waals surface area contributed by atoms with Crippen LogP contribution in [0.5, 0.6) is 0 Å². The molecular weight excluding hydrogens is 582 g/mol. The number of aliphatic carboxylic acids is 1. The number of Topliss-reactive ketones (excluding diaryl/α,β-unsaturated/α-hetero) is 1. The van der Waals surface area contributed by atoms with E-state index in [-0.39, 0.29) is 18.7 Å². The van der Waals surface area contributed by atoms with Crippen LogP contribution in [0.2, 0.25) is 0 Å². The van der Waals surface area contributed by atoms with E-state index in [1.807, 2.05) is 48.4 Å². The van der Waals surface area contributed by atoms with Crippen molar-refractivity contribution in [2.24, 2.45) is 0 Å². The number of nitrogens with one attached hydrogen (secondary N) is 1. The molecule has 0 unspecified atom stereocenters. The van der Waals surface area contributed by atoms with Crippen molar-refractivity contribution in [2.45, 2.75) is 39.4 Å². The zero-order valence-electron chi connectivity index (χ0n) is 24.8. The zero-order chi connectivity index (χ0) is 31.8. The monoisotopic (exact) mass is 616 g/mol. The van der Waals surface area contributed by atoms with Gasteiger partial charge in [-0.15, -0.1) is 0 Å². The number of thioether (sulfide) groups is 1. The summed E-state index contributed by atoms with van der Waals surface area (Å²) in [5, 5.41) is 12.4. The number of ketones is 1. The fourth-order valence-electron chi connectivity index (χ4n) is 5.00. The van der Waals surface area contributed by atoms with Gasteiger partial charge >= 0.3 is 5.97 Å². The maximum atomic E-state index is 14.1. The van der Waals surface area contributed by atoms with Crippen molar-refractivity contribution in [3.05, 3.63) is 124 Å². The Morgan fingerprint density at radius 2 is 1.52 bits per heavy atom. The summed E-state index contributed by atoms with van der Waals surface area (Å²) in [5.41, 5.74) is 5.24. The molecule has 0 fully saturated rings. The van der Waals surface area contributed by atoms with E-state index >= 15 is 0 Å². The number of amides is 1. The Morgan fingerprint density at radius 1 is 0.864 bits per heavy atom. The van der Waals surface area contributed by atoms with E-state index in [1.165, 1.54) is 30.8 Å². The summed E-state index contributed by atoms with van der Waals surface area (Å²) in [7, 11) is 0. The smallest absolute Gasteiger partial charge is 0.326 e. The third kappa shape index (κ3) is 8.32. The van der Waals surface area contributed by atoms with Crippen molar-refractivity contribution in [2.75, 3.05) is 16.9 Å². The van der Waals surface area contributed by atoms with Gasteiger partial charge in [0.15, 0.2) is 5.78 Å². The summed E-state index contributed by atoms with van der Waals surface area (Å²) in [5.74, 6) is -2.44. The topological polar surface area (TPSA) is 86.7 Å². The molecule has 2 N–H and O–H groups in total. The first-order chi connectivity index (χ1) is 21.0. The number of carboxylic acids is 1. The Balaban J connectivity index is 1.74. The fourth-order valence-corrected chi connectivity index (χ4v) is 5.47. The highest BCUT2D eigenvalue weighted by Gasteiger charge is 2.23. The Bertz CT molecular complexity index is 1640. The Morgan fingerprint density at radius 3 is 2.14 bits per heavy atom. The van der Waals surface area contributed by atoms with Crippen LogP contribution in [0.15, 0.2) is 84.9 Å². The predicted molar refractivity (Wildman–Crippen MR) is 171 cm³/mol. The van der Waals surface area contributed by atoms with Gasteiger partial charge in [0.25, 0.3) is 5.91 Å². The Kier molecular flexibility index (Phi) is 10.9. The SMILES string of the molecule is CSCC[C@H](NC(=O)c1ccc(CN(Cc2cc(F)cc(F)c2)c2ccc(C(C)=O)cc2)cc1-c1ccccc1C)C(=O)O. The average Bonchev–Trinajstić information content (AvgIpc) is 2.98. The molecule has 0 spiro atoms. The lowest BCUT2D eigenvalue weighted by Gasteiger charge is -2.26. The third-order valence-electron chi connectivity index (χ3n) is 7.29. The molecule has 4 aromatic carbocycles. The third-order valence-corrected chi connectivity index (χ3v) is 7.93. The van der Waals surface area contributed by atoms with E-state index in [1.54, 1.807) is 36.4 Å². The molecule has 0 bridgehead atoms. The lowest BCUT2D eigenvalue weighted by molar-refractivity contribution is -0.139.